The first-order chi connectivity index (χ1) is 11.8. The van der Waals surface area contributed by atoms with E-state index in [-0.39, 0.29) is 30.1 Å². The van der Waals surface area contributed by atoms with Crippen molar-refractivity contribution in [2.75, 3.05) is 33.4 Å². The van der Waals surface area contributed by atoms with Gasteiger partial charge in [0.2, 0.25) is 15.9 Å². The number of hydrogen-bond donors (Lipinski definition) is 1. The molecule has 0 aliphatic carbocycles. The van der Waals surface area contributed by atoms with E-state index in [4.69, 9.17) is 9.47 Å². The zero-order valence-corrected chi connectivity index (χ0v) is 15.8. The van der Waals surface area contributed by atoms with Crippen molar-refractivity contribution in [2.24, 2.45) is 0 Å². The fourth-order valence-corrected chi connectivity index (χ4v) is 3.66. The molecule has 2 rings (SSSR count). The maximum atomic E-state index is 12.3. The van der Waals surface area contributed by atoms with E-state index < -0.39 is 10.0 Å². The number of nitrogens with zero attached hydrogens (tertiary/aromatic N) is 1. The zero-order valence-electron chi connectivity index (χ0n) is 14.9. The zero-order chi connectivity index (χ0) is 18.4. The number of methoxy groups -OCH3 is 1. The summed E-state index contributed by atoms with van der Waals surface area (Å²) >= 11 is 0. The highest BCUT2D eigenvalue weighted by Crippen LogP contribution is 2.22. The van der Waals surface area contributed by atoms with E-state index >= 15 is 0 Å². The largest absolute Gasteiger partial charge is 0.383 e. The van der Waals surface area contributed by atoms with Crippen LogP contribution in [0.3, 0.4) is 0 Å². The van der Waals surface area contributed by atoms with Crippen molar-refractivity contribution in [3.8, 4) is 0 Å². The molecule has 0 atom stereocenters. The van der Waals surface area contributed by atoms with Gasteiger partial charge >= 0.3 is 0 Å². The summed E-state index contributed by atoms with van der Waals surface area (Å²) in [7, 11) is -2.02. The second-order valence-corrected chi connectivity index (χ2v) is 8.01. The number of carbonyl (C=O) groups is 1. The number of carbonyl (C=O) groups excluding carboxylic acids is 1. The lowest BCUT2D eigenvalue weighted by molar-refractivity contribution is -0.138. The highest BCUT2D eigenvalue weighted by atomic mass is 32.2. The molecule has 0 saturated carbocycles. The molecule has 1 aliphatic heterocycles. The second kappa shape index (κ2) is 8.75. The van der Waals surface area contributed by atoms with Crippen molar-refractivity contribution in [1.82, 2.24) is 9.62 Å². The number of benzene rings is 1. The summed E-state index contributed by atoms with van der Waals surface area (Å²) in [6.07, 6.45) is 0.642. The van der Waals surface area contributed by atoms with E-state index in [1.54, 1.807) is 23.1 Å². The molecule has 1 aromatic carbocycles. The Hall–Kier alpha value is -1.48. The van der Waals surface area contributed by atoms with Crippen LogP contribution < -0.4 is 4.72 Å². The molecule has 1 N–H and O–H groups in total. The van der Waals surface area contributed by atoms with E-state index in [0.29, 0.717) is 26.1 Å². The summed E-state index contributed by atoms with van der Waals surface area (Å²) in [5.74, 6) is -0.0442. The highest BCUT2D eigenvalue weighted by Gasteiger charge is 2.23. The van der Waals surface area contributed by atoms with Crippen LogP contribution in [0, 0.1) is 0 Å². The Bertz CT molecular complexity index is 703. The molecule has 0 bridgehead atoms. The van der Waals surface area contributed by atoms with Gasteiger partial charge in [-0.25, -0.2) is 13.1 Å². The molecule has 0 radical (unpaired) electrons. The van der Waals surface area contributed by atoms with Gasteiger partial charge in [0.05, 0.1) is 17.6 Å². The lowest BCUT2D eigenvalue weighted by Crippen LogP contribution is -2.38. The molecule has 25 heavy (non-hydrogen) atoms. The van der Waals surface area contributed by atoms with Gasteiger partial charge in [0.25, 0.3) is 0 Å². The minimum absolute atomic E-state index is 0.0133. The Kier molecular flexibility index (Phi) is 6.95. The summed E-state index contributed by atoms with van der Waals surface area (Å²) in [6, 6.07) is 5.05. The van der Waals surface area contributed by atoms with Gasteiger partial charge in [-0.3, -0.25) is 4.79 Å². The van der Waals surface area contributed by atoms with Gasteiger partial charge in [-0.2, -0.15) is 0 Å². The third kappa shape index (κ3) is 5.50. The van der Waals surface area contributed by atoms with Crippen LogP contribution in [0.1, 0.15) is 25.0 Å². The van der Waals surface area contributed by atoms with E-state index in [1.807, 2.05) is 13.8 Å². The molecule has 0 unspecified atom stereocenters. The summed E-state index contributed by atoms with van der Waals surface area (Å²) < 4.78 is 37.3. The van der Waals surface area contributed by atoms with Crippen LogP contribution >= 0.6 is 0 Å². The Morgan fingerprint density at radius 2 is 2.08 bits per heavy atom. The van der Waals surface area contributed by atoms with Crippen molar-refractivity contribution in [3.63, 3.8) is 0 Å². The molecule has 1 amide bonds. The first-order valence-electron chi connectivity index (χ1n) is 8.33. The van der Waals surface area contributed by atoms with Crippen LogP contribution in [0.15, 0.2) is 23.1 Å². The molecule has 1 heterocycles. The molecule has 7 nitrogen and oxygen atoms in total. The fourth-order valence-electron chi connectivity index (χ4n) is 2.60. The lowest BCUT2D eigenvalue weighted by atomic mass is 10.00. The van der Waals surface area contributed by atoms with Gasteiger partial charge in [-0.15, -0.1) is 0 Å². The Morgan fingerprint density at radius 1 is 1.32 bits per heavy atom. The number of fused-ring (bicyclic) bond motifs is 1. The van der Waals surface area contributed by atoms with Crippen molar-refractivity contribution in [1.29, 1.82) is 0 Å². The number of sulfonamides is 1. The standard InChI is InChI=1S/C17H26N2O5S/c1-13(2)24-12-17(20)19-8-6-14-10-16(5-4-15(14)11-19)25(21,22)18-7-9-23-3/h4-5,10,13,18H,6-9,11-12H2,1-3H3. The molecule has 8 heteroatoms. The molecule has 140 valence electrons. The fraction of sp³-hybridized carbons (Fsp3) is 0.588. The van der Waals surface area contributed by atoms with Crippen LogP contribution in [0.25, 0.3) is 0 Å². The quantitative estimate of drug-likeness (QED) is 0.688. The van der Waals surface area contributed by atoms with Gasteiger partial charge in [-0.05, 0) is 43.5 Å². The maximum absolute atomic E-state index is 12.3. The summed E-state index contributed by atoms with van der Waals surface area (Å²) in [5.41, 5.74) is 1.93. The smallest absolute Gasteiger partial charge is 0.248 e. The molecule has 1 aliphatic rings. The van der Waals surface area contributed by atoms with E-state index in [2.05, 4.69) is 4.72 Å². The van der Waals surface area contributed by atoms with Gasteiger partial charge in [-0.1, -0.05) is 6.07 Å². The van der Waals surface area contributed by atoms with Crippen LogP contribution in [0.4, 0.5) is 0 Å². The molecular formula is C17H26N2O5S. The van der Waals surface area contributed by atoms with Gasteiger partial charge in [0, 0.05) is 26.7 Å². The van der Waals surface area contributed by atoms with Gasteiger partial charge in [0.1, 0.15) is 6.61 Å². The van der Waals surface area contributed by atoms with E-state index in [0.717, 1.165) is 11.1 Å². The predicted molar refractivity (Wildman–Crippen MR) is 93.7 cm³/mol. The second-order valence-electron chi connectivity index (χ2n) is 6.25. The average Bonchev–Trinajstić information content (AvgIpc) is 2.58. The summed E-state index contributed by atoms with van der Waals surface area (Å²) in [5, 5.41) is 0. The van der Waals surface area contributed by atoms with E-state index in [9.17, 15) is 13.2 Å². The van der Waals surface area contributed by atoms with Crippen molar-refractivity contribution in [3.05, 3.63) is 29.3 Å². The summed E-state index contributed by atoms with van der Waals surface area (Å²) in [6.45, 7) is 5.44. The predicted octanol–water partition coefficient (Wildman–Crippen LogP) is 0.921. The first kappa shape index (κ1) is 19.8. The number of amides is 1. The Morgan fingerprint density at radius 3 is 2.76 bits per heavy atom. The number of nitrogens with one attached hydrogen (secondary N) is 1. The molecule has 1 aromatic rings. The average molecular weight is 370 g/mol. The maximum Gasteiger partial charge on any atom is 0.248 e. The minimum Gasteiger partial charge on any atom is -0.383 e. The van der Waals surface area contributed by atoms with Crippen molar-refractivity contribution in [2.45, 2.75) is 37.8 Å². The first-order valence-corrected chi connectivity index (χ1v) is 9.81. The van der Waals surface area contributed by atoms with Crippen molar-refractivity contribution >= 4 is 15.9 Å². The third-order valence-electron chi connectivity index (χ3n) is 3.99. The number of hydrogen-bond acceptors (Lipinski definition) is 5. The molecule has 0 spiro atoms. The van der Waals surface area contributed by atoms with Gasteiger partial charge < -0.3 is 14.4 Å². The number of rotatable bonds is 8. The molecule has 0 saturated heterocycles. The molecule has 0 aromatic heterocycles. The third-order valence-corrected chi connectivity index (χ3v) is 5.45. The Labute approximate surface area is 149 Å². The Balaban J connectivity index is 2.04. The van der Waals surface area contributed by atoms with Gasteiger partial charge in [0.15, 0.2) is 0 Å². The normalized spacial score (nSPS) is 14.6. The van der Waals surface area contributed by atoms with E-state index in [1.165, 1.54) is 7.11 Å². The topological polar surface area (TPSA) is 84.9 Å². The number of ether oxygens (including phenoxy) is 2. The minimum atomic E-state index is -3.54. The van der Waals surface area contributed by atoms with Crippen LogP contribution in [0.2, 0.25) is 0 Å². The lowest BCUT2D eigenvalue weighted by Gasteiger charge is -2.29. The molecular weight excluding hydrogens is 344 g/mol. The SMILES string of the molecule is COCCNS(=O)(=O)c1ccc2c(c1)CCN(C(=O)COC(C)C)C2. The van der Waals surface area contributed by atoms with Crippen LogP contribution in [-0.4, -0.2) is 58.7 Å². The van der Waals surface area contributed by atoms with Crippen LogP contribution in [0.5, 0.6) is 0 Å². The molecule has 0 fully saturated rings. The monoisotopic (exact) mass is 370 g/mol. The summed E-state index contributed by atoms with van der Waals surface area (Å²) in [4.78, 5) is 14.2. The van der Waals surface area contributed by atoms with Crippen LogP contribution in [-0.2, 0) is 37.3 Å². The van der Waals surface area contributed by atoms with Crippen molar-refractivity contribution < 1.29 is 22.7 Å². The highest BCUT2D eigenvalue weighted by molar-refractivity contribution is 7.89.